The van der Waals surface area contributed by atoms with Crippen LogP contribution in [0.1, 0.15) is 16.3 Å². The van der Waals surface area contributed by atoms with E-state index in [0.29, 0.717) is 10.6 Å². The first-order valence-electron chi connectivity index (χ1n) is 6.06. The van der Waals surface area contributed by atoms with Gasteiger partial charge in [0.2, 0.25) is 10.0 Å². The Morgan fingerprint density at radius 3 is 2.67 bits per heavy atom. The fourth-order valence-corrected chi connectivity index (χ4v) is 4.06. The molecule has 0 saturated carbocycles. The molecule has 1 aromatic heterocycles. The van der Waals surface area contributed by atoms with Crippen LogP contribution in [0.3, 0.4) is 0 Å². The molecule has 1 heterocycles. The molecule has 0 spiro atoms. The second kappa shape index (κ2) is 6.62. The second-order valence-corrected chi connectivity index (χ2v) is 8.29. The molecule has 0 aliphatic rings. The first kappa shape index (κ1) is 16.7. The maximum absolute atomic E-state index is 12.5. The Morgan fingerprint density at radius 2 is 2.10 bits per heavy atom. The molecule has 0 aliphatic carbocycles. The summed E-state index contributed by atoms with van der Waals surface area (Å²) in [6.07, 6.45) is 0. The van der Waals surface area contributed by atoms with Crippen LogP contribution in [-0.2, 0) is 22.4 Å². The monoisotopic (exact) mass is 364 g/mol. The van der Waals surface area contributed by atoms with Gasteiger partial charge in [0, 0.05) is 23.3 Å². The van der Waals surface area contributed by atoms with E-state index in [0.717, 1.165) is 10.7 Å². The molecule has 0 radical (unpaired) electrons. The molecule has 2 rings (SSSR count). The number of benzene rings is 1. The Bertz CT molecular complexity index is 744. The summed E-state index contributed by atoms with van der Waals surface area (Å²) in [5.41, 5.74) is 1.33. The van der Waals surface area contributed by atoms with Gasteiger partial charge in [-0.25, -0.2) is 13.4 Å². The SMILES string of the molecule is Cc1nc(CN(C)S(=O)(=O)c2ccc(Cl)c(CCl)c2)cs1. The van der Waals surface area contributed by atoms with E-state index in [9.17, 15) is 8.42 Å². The van der Waals surface area contributed by atoms with E-state index in [1.54, 1.807) is 6.07 Å². The molecule has 4 nitrogen and oxygen atoms in total. The summed E-state index contributed by atoms with van der Waals surface area (Å²) >= 11 is 13.2. The number of alkyl halides is 1. The van der Waals surface area contributed by atoms with Gasteiger partial charge in [-0.2, -0.15) is 4.31 Å². The highest BCUT2D eigenvalue weighted by Crippen LogP contribution is 2.24. The Hall–Kier alpha value is -0.660. The molecule has 114 valence electrons. The molecular formula is C13H14Cl2N2O2S2. The largest absolute Gasteiger partial charge is 0.245 e. The van der Waals surface area contributed by atoms with Crippen molar-refractivity contribution in [3.63, 3.8) is 0 Å². The van der Waals surface area contributed by atoms with E-state index in [1.165, 1.54) is 34.8 Å². The number of thiazole rings is 1. The van der Waals surface area contributed by atoms with Gasteiger partial charge in [-0.15, -0.1) is 22.9 Å². The number of halogens is 2. The summed E-state index contributed by atoms with van der Waals surface area (Å²) < 4.78 is 26.3. The normalized spacial score (nSPS) is 12.0. The quantitative estimate of drug-likeness (QED) is 0.760. The zero-order valence-electron chi connectivity index (χ0n) is 11.5. The third-order valence-electron chi connectivity index (χ3n) is 2.92. The number of sulfonamides is 1. The van der Waals surface area contributed by atoms with Gasteiger partial charge in [0.15, 0.2) is 0 Å². The first-order valence-corrected chi connectivity index (χ1v) is 9.29. The van der Waals surface area contributed by atoms with E-state index in [1.807, 2.05) is 12.3 Å². The van der Waals surface area contributed by atoms with E-state index in [-0.39, 0.29) is 17.3 Å². The van der Waals surface area contributed by atoms with Gasteiger partial charge in [-0.05, 0) is 30.7 Å². The van der Waals surface area contributed by atoms with Gasteiger partial charge in [-0.1, -0.05) is 11.6 Å². The summed E-state index contributed by atoms with van der Waals surface area (Å²) in [6, 6.07) is 4.54. The Morgan fingerprint density at radius 1 is 1.38 bits per heavy atom. The standard InChI is InChI=1S/C13H14Cl2N2O2S2/c1-9-16-11(8-20-9)7-17(2)21(18,19)12-3-4-13(15)10(5-12)6-14/h3-5,8H,6-7H2,1-2H3. The maximum atomic E-state index is 12.5. The predicted molar refractivity (Wildman–Crippen MR) is 86.5 cm³/mol. The number of rotatable bonds is 5. The zero-order chi connectivity index (χ0) is 15.6. The molecule has 0 amide bonds. The van der Waals surface area contributed by atoms with Crippen molar-refractivity contribution in [2.24, 2.45) is 0 Å². The van der Waals surface area contributed by atoms with Crippen LogP contribution < -0.4 is 0 Å². The van der Waals surface area contributed by atoms with Crippen LogP contribution in [0, 0.1) is 6.92 Å². The van der Waals surface area contributed by atoms with Crippen molar-refractivity contribution in [1.82, 2.24) is 9.29 Å². The second-order valence-electron chi connectivity index (χ2n) is 4.51. The molecule has 8 heteroatoms. The molecule has 0 fully saturated rings. The highest BCUT2D eigenvalue weighted by atomic mass is 35.5. The Kier molecular flexibility index (Phi) is 5.27. The van der Waals surface area contributed by atoms with Crippen LogP contribution in [-0.4, -0.2) is 24.8 Å². The minimum atomic E-state index is -3.60. The highest BCUT2D eigenvalue weighted by Gasteiger charge is 2.22. The lowest BCUT2D eigenvalue weighted by Gasteiger charge is -2.16. The smallest absolute Gasteiger partial charge is 0.243 e. The fourth-order valence-electron chi connectivity index (χ4n) is 1.79. The molecule has 1 aromatic carbocycles. The van der Waals surface area contributed by atoms with Crippen LogP contribution in [0.4, 0.5) is 0 Å². The van der Waals surface area contributed by atoms with Crippen molar-refractivity contribution >= 4 is 44.6 Å². The van der Waals surface area contributed by atoms with Crippen molar-refractivity contribution in [2.45, 2.75) is 24.2 Å². The van der Waals surface area contributed by atoms with Gasteiger partial charge in [0.25, 0.3) is 0 Å². The van der Waals surface area contributed by atoms with E-state index < -0.39 is 10.0 Å². The van der Waals surface area contributed by atoms with Crippen molar-refractivity contribution in [3.05, 3.63) is 44.9 Å². The maximum Gasteiger partial charge on any atom is 0.243 e. The highest BCUT2D eigenvalue weighted by molar-refractivity contribution is 7.89. The van der Waals surface area contributed by atoms with Crippen molar-refractivity contribution in [3.8, 4) is 0 Å². The third kappa shape index (κ3) is 3.76. The lowest BCUT2D eigenvalue weighted by molar-refractivity contribution is 0.462. The summed E-state index contributed by atoms with van der Waals surface area (Å²) in [6.45, 7) is 2.11. The van der Waals surface area contributed by atoms with Gasteiger partial charge in [0.05, 0.1) is 22.1 Å². The summed E-state index contributed by atoms with van der Waals surface area (Å²) in [5.74, 6) is 0.164. The van der Waals surface area contributed by atoms with Crippen molar-refractivity contribution in [2.75, 3.05) is 7.05 Å². The number of hydrogen-bond acceptors (Lipinski definition) is 4. The third-order valence-corrected chi connectivity index (χ3v) is 6.20. The molecule has 0 atom stereocenters. The molecule has 0 unspecified atom stereocenters. The van der Waals surface area contributed by atoms with Gasteiger partial charge >= 0.3 is 0 Å². The summed E-state index contributed by atoms with van der Waals surface area (Å²) in [5, 5.41) is 3.22. The Labute approximate surface area is 138 Å². The minimum Gasteiger partial charge on any atom is -0.245 e. The first-order chi connectivity index (χ1) is 9.84. The van der Waals surface area contributed by atoms with Gasteiger partial charge < -0.3 is 0 Å². The number of hydrogen-bond donors (Lipinski definition) is 0. The zero-order valence-corrected chi connectivity index (χ0v) is 14.7. The minimum absolute atomic E-state index is 0.164. The average Bonchev–Trinajstić information content (AvgIpc) is 2.84. The molecule has 0 aliphatic heterocycles. The van der Waals surface area contributed by atoms with Gasteiger partial charge in [0.1, 0.15) is 0 Å². The van der Waals surface area contributed by atoms with E-state index >= 15 is 0 Å². The molecule has 0 bridgehead atoms. The van der Waals surface area contributed by atoms with Crippen LogP contribution >= 0.6 is 34.5 Å². The van der Waals surface area contributed by atoms with Crippen LogP contribution in [0.25, 0.3) is 0 Å². The number of aromatic nitrogens is 1. The molecule has 0 N–H and O–H groups in total. The summed E-state index contributed by atoms with van der Waals surface area (Å²) in [4.78, 5) is 4.45. The topological polar surface area (TPSA) is 50.3 Å². The lowest BCUT2D eigenvalue weighted by Crippen LogP contribution is -2.26. The predicted octanol–water partition coefficient (Wildman–Crippen LogP) is 3.66. The van der Waals surface area contributed by atoms with Crippen molar-refractivity contribution in [1.29, 1.82) is 0 Å². The molecule has 2 aromatic rings. The Balaban J connectivity index is 2.28. The molecule has 0 saturated heterocycles. The molecular weight excluding hydrogens is 351 g/mol. The summed E-state index contributed by atoms with van der Waals surface area (Å²) in [7, 11) is -2.07. The van der Waals surface area contributed by atoms with Crippen LogP contribution in [0.2, 0.25) is 5.02 Å². The van der Waals surface area contributed by atoms with E-state index in [2.05, 4.69) is 4.98 Å². The lowest BCUT2D eigenvalue weighted by atomic mass is 10.2. The molecule has 21 heavy (non-hydrogen) atoms. The average molecular weight is 365 g/mol. The van der Waals surface area contributed by atoms with Crippen molar-refractivity contribution < 1.29 is 8.42 Å². The van der Waals surface area contributed by atoms with Gasteiger partial charge in [-0.3, -0.25) is 0 Å². The number of nitrogens with zero attached hydrogens (tertiary/aromatic N) is 2. The number of aryl methyl sites for hydroxylation is 1. The fraction of sp³-hybridized carbons (Fsp3) is 0.308. The van der Waals surface area contributed by atoms with E-state index in [4.69, 9.17) is 23.2 Å². The van der Waals surface area contributed by atoms with Crippen LogP contribution in [0.5, 0.6) is 0 Å². The van der Waals surface area contributed by atoms with Crippen LogP contribution in [0.15, 0.2) is 28.5 Å².